The highest BCUT2D eigenvalue weighted by Gasteiger charge is 2.35. The molecule has 41 heavy (non-hydrogen) atoms. The van der Waals surface area contributed by atoms with E-state index >= 15 is 0 Å². The van der Waals surface area contributed by atoms with Gasteiger partial charge in [0, 0.05) is 62.6 Å². The minimum atomic E-state index is -0.409. The third kappa shape index (κ3) is 6.48. The molecule has 0 radical (unpaired) electrons. The molecule has 1 fully saturated rings. The van der Waals surface area contributed by atoms with Gasteiger partial charge in [-0.15, -0.1) is 0 Å². The van der Waals surface area contributed by atoms with Gasteiger partial charge in [-0.3, -0.25) is 4.90 Å². The molecule has 9 heteroatoms. The summed E-state index contributed by atoms with van der Waals surface area (Å²) in [6.45, 7) is 3.14. The van der Waals surface area contributed by atoms with Crippen molar-refractivity contribution in [3.63, 3.8) is 0 Å². The summed E-state index contributed by atoms with van der Waals surface area (Å²) < 4.78 is 19.8. The Kier molecular flexibility index (Phi) is 9.08. The summed E-state index contributed by atoms with van der Waals surface area (Å²) in [5, 5.41) is 17.1. The first-order valence-electron chi connectivity index (χ1n) is 13.8. The van der Waals surface area contributed by atoms with Gasteiger partial charge in [0.05, 0.1) is 30.6 Å². The van der Waals surface area contributed by atoms with Gasteiger partial charge >= 0.3 is 6.03 Å². The Bertz CT molecular complexity index is 1470. The number of hydrogen-bond acceptors (Lipinski definition) is 6. The van der Waals surface area contributed by atoms with Gasteiger partial charge in [0.2, 0.25) is 0 Å². The van der Waals surface area contributed by atoms with Gasteiger partial charge in [0.1, 0.15) is 11.6 Å². The van der Waals surface area contributed by atoms with Crippen molar-refractivity contribution < 1.29 is 19.0 Å². The highest BCUT2D eigenvalue weighted by atomic mass is 19.1. The molecule has 2 amide bonds. The predicted molar refractivity (Wildman–Crippen MR) is 161 cm³/mol. The SMILES string of the molecule is COCCN1C[C@@H](NC(=O)Nc2c(-c3ccccc3)nc(N(C)CCO)c3cc(F)ccc23)[C@H](c2ccccc2)C1. The Morgan fingerprint density at radius 3 is 2.51 bits per heavy atom. The molecule has 3 N–H and O–H groups in total. The number of amides is 2. The lowest BCUT2D eigenvalue weighted by atomic mass is 9.94. The number of pyridine rings is 1. The zero-order valence-corrected chi connectivity index (χ0v) is 23.4. The van der Waals surface area contributed by atoms with E-state index < -0.39 is 5.82 Å². The van der Waals surface area contributed by atoms with Crippen LogP contribution in [0.5, 0.6) is 0 Å². The maximum absolute atomic E-state index is 14.5. The van der Waals surface area contributed by atoms with Crippen molar-refractivity contribution in [1.29, 1.82) is 0 Å². The Morgan fingerprint density at radius 2 is 1.80 bits per heavy atom. The fourth-order valence-corrected chi connectivity index (χ4v) is 5.54. The lowest BCUT2D eigenvalue weighted by Crippen LogP contribution is -2.42. The van der Waals surface area contributed by atoms with Crippen LogP contribution in [0.25, 0.3) is 22.0 Å². The number of carbonyl (C=O) groups is 1. The monoisotopic (exact) mass is 557 g/mol. The van der Waals surface area contributed by atoms with Crippen LogP contribution < -0.4 is 15.5 Å². The molecule has 3 aromatic carbocycles. The molecule has 4 aromatic rings. The van der Waals surface area contributed by atoms with Crippen LogP contribution in [0.4, 0.5) is 20.7 Å². The second-order valence-electron chi connectivity index (χ2n) is 10.3. The van der Waals surface area contributed by atoms with Gasteiger partial charge in [-0.1, -0.05) is 60.7 Å². The number of hydrogen-bond donors (Lipinski definition) is 3. The summed E-state index contributed by atoms with van der Waals surface area (Å²) >= 11 is 0. The van der Waals surface area contributed by atoms with E-state index in [9.17, 15) is 14.3 Å². The molecule has 0 spiro atoms. The third-order valence-electron chi connectivity index (χ3n) is 7.58. The molecule has 1 aliphatic rings. The van der Waals surface area contributed by atoms with Gasteiger partial charge in [-0.25, -0.2) is 14.2 Å². The van der Waals surface area contributed by atoms with E-state index in [1.807, 2.05) is 48.5 Å². The molecule has 0 bridgehead atoms. The van der Waals surface area contributed by atoms with Gasteiger partial charge in [-0.2, -0.15) is 0 Å². The second-order valence-corrected chi connectivity index (χ2v) is 10.3. The topological polar surface area (TPSA) is 90.0 Å². The lowest BCUT2D eigenvalue weighted by Gasteiger charge is -2.24. The van der Waals surface area contributed by atoms with Crippen LogP contribution in [0, 0.1) is 5.82 Å². The number of anilines is 2. The number of nitrogens with zero attached hydrogens (tertiary/aromatic N) is 3. The summed E-state index contributed by atoms with van der Waals surface area (Å²) in [4.78, 5) is 22.7. The van der Waals surface area contributed by atoms with Crippen LogP contribution in [-0.2, 0) is 4.74 Å². The summed E-state index contributed by atoms with van der Waals surface area (Å²) in [5.41, 5.74) is 3.03. The van der Waals surface area contributed by atoms with Crippen molar-refractivity contribution in [3.05, 3.63) is 90.2 Å². The van der Waals surface area contributed by atoms with Crippen molar-refractivity contribution in [2.24, 2.45) is 0 Å². The lowest BCUT2D eigenvalue weighted by molar-refractivity contribution is 0.159. The largest absolute Gasteiger partial charge is 0.395 e. The van der Waals surface area contributed by atoms with Gasteiger partial charge in [0.25, 0.3) is 0 Å². The maximum Gasteiger partial charge on any atom is 0.319 e. The number of likely N-dealkylation sites (N-methyl/N-ethyl adjacent to an activating group) is 1. The molecule has 1 aromatic heterocycles. The van der Waals surface area contributed by atoms with Crippen LogP contribution in [-0.4, -0.2) is 80.6 Å². The fourth-order valence-electron chi connectivity index (χ4n) is 5.54. The standard InChI is InChI=1S/C32H36FN5O3/c1-37(15-17-39)31-26-19-24(33)13-14-25(26)30(29(35-31)23-11-7-4-8-12-23)36-32(40)34-28-21-38(16-18-41-2)20-27(28)22-9-5-3-6-10-22/h3-14,19,27-28,39H,15-18,20-21H2,1-2H3,(H2,34,36,40)/t27-,28+/m0/s1. The Labute approximate surface area is 239 Å². The number of halogens is 1. The van der Waals surface area contributed by atoms with Gasteiger partial charge in [-0.05, 0) is 23.8 Å². The zero-order valence-electron chi connectivity index (χ0n) is 23.4. The minimum absolute atomic E-state index is 0.0799. The fraction of sp³-hybridized carbons (Fsp3) is 0.312. The number of nitrogens with one attached hydrogen (secondary N) is 2. The number of benzene rings is 3. The van der Waals surface area contributed by atoms with Gasteiger partial charge in [0.15, 0.2) is 0 Å². The van der Waals surface area contributed by atoms with E-state index in [0.29, 0.717) is 47.7 Å². The molecule has 1 aliphatic heterocycles. The molecule has 0 aliphatic carbocycles. The second kappa shape index (κ2) is 13.1. The van der Waals surface area contributed by atoms with Crippen LogP contribution in [0.15, 0.2) is 78.9 Å². The third-order valence-corrected chi connectivity index (χ3v) is 7.58. The first kappa shape index (κ1) is 28.5. The zero-order chi connectivity index (χ0) is 28.8. The molecular weight excluding hydrogens is 521 g/mol. The van der Waals surface area contributed by atoms with E-state index in [1.165, 1.54) is 17.7 Å². The highest BCUT2D eigenvalue weighted by Crippen LogP contribution is 2.38. The molecule has 1 saturated heterocycles. The van der Waals surface area contributed by atoms with Crippen molar-refractivity contribution in [3.8, 4) is 11.3 Å². The average Bonchev–Trinajstić information content (AvgIpc) is 3.39. The molecule has 5 rings (SSSR count). The summed E-state index contributed by atoms with van der Waals surface area (Å²) in [5.74, 6) is 0.228. The summed E-state index contributed by atoms with van der Waals surface area (Å²) in [7, 11) is 3.49. The first-order chi connectivity index (χ1) is 20.0. The van der Waals surface area contributed by atoms with E-state index in [2.05, 4.69) is 27.7 Å². The van der Waals surface area contributed by atoms with Crippen LogP contribution in [0.1, 0.15) is 11.5 Å². The summed E-state index contributed by atoms with van der Waals surface area (Å²) in [6.07, 6.45) is 0. The highest BCUT2D eigenvalue weighted by molar-refractivity contribution is 6.10. The van der Waals surface area contributed by atoms with Crippen molar-refractivity contribution >= 4 is 28.3 Å². The van der Waals surface area contributed by atoms with Crippen LogP contribution in [0.2, 0.25) is 0 Å². The molecule has 8 nitrogen and oxygen atoms in total. The number of rotatable bonds is 10. The van der Waals surface area contributed by atoms with Crippen molar-refractivity contribution in [2.45, 2.75) is 12.0 Å². The van der Waals surface area contributed by atoms with Crippen molar-refractivity contribution in [2.75, 3.05) is 63.8 Å². The molecule has 0 saturated carbocycles. The molecular formula is C32H36FN5O3. The van der Waals surface area contributed by atoms with E-state index in [-0.39, 0.29) is 24.6 Å². The summed E-state index contributed by atoms with van der Waals surface area (Å²) in [6, 6.07) is 23.8. The first-order valence-corrected chi connectivity index (χ1v) is 13.8. The van der Waals surface area contributed by atoms with Gasteiger partial charge < -0.3 is 25.4 Å². The van der Waals surface area contributed by atoms with Crippen molar-refractivity contribution in [1.82, 2.24) is 15.2 Å². The Hall–Kier alpha value is -4.05. The molecule has 0 unspecified atom stereocenters. The number of aliphatic hydroxyl groups excluding tert-OH is 1. The van der Waals surface area contributed by atoms with E-state index in [4.69, 9.17) is 9.72 Å². The number of urea groups is 1. The number of likely N-dealkylation sites (tertiary alicyclic amines) is 1. The van der Waals surface area contributed by atoms with E-state index in [0.717, 1.165) is 18.7 Å². The Balaban J connectivity index is 1.51. The number of aromatic nitrogens is 1. The van der Waals surface area contributed by atoms with Crippen LogP contribution in [0.3, 0.4) is 0 Å². The van der Waals surface area contributed by atoms with Crippen LogP contribution >= 0.6 is 0 Å². The smallest absolute Gasteiger partial charge is 0.319 e. The number of carbonyl (C=O) groups excluding carboxylic acids is 1. The van der Waals surface area contributed by atoms with E-state index in [1.54, 1.807) is 25.1 Å². The predicted octanol–water partition coefficient (Wildman–Crippen LogP) is 4.71. The molecule has 2 heterocycles. The molecule has 214 valence electrons. The number of aliphatic hydroxyl groups is 1. The maximum atomic E-state index is 14.5. The quantitative estimate of drug-likeness (QED) is 0.262. The average molecular weight is 558 g/mol. The minimum Gasteiger partial charge on any atom is -0.395 e. The number of ether oxygens (including phenoxy) is 1. The normalized spacial score (nSPS) is 17.1. The number of fused-ring (bicyclic) bond motifs is 1. The number of methoxy groups -OCH3 is 1. The Morgan fingerprint density at radius 1 is 1.07 bits per heavy atom. The molecule has 2 atom stereocenters.